The van der Waals surface area contributed by atoms with Crippen molar-refractivity contribution in [1.82, 2.24) is 13.7 Å². The maximum Gasteiger partial charge on any atom is 0.0652 e. The first kappa shape index (κ1) is 13.5. The van der Waals surface area contributed by atoms with E-state index in [9.17, 15) is 13.7 Å². The molecule has 266 valence electrons. The topological polar surface area (TPSA) is 14.8 Å². The van der Waals surface area contributed by atoms with E-state index in [2.05, 4.69) is 0 Å². The summed E-state index contributed by atoms with van der Waals surface area (Å²) in [6, 6.07) is -25.3. The van der Waals surface area contributed by atoms with Gasteiger partial charge in [-0.05, 0) is 94.8 Å². The molecule has 3 heterocycles. The number of hydrogen-bond donors (Lipinski definition) is 0. The summed E-state index contributed by atoms with van der Waals surface area (Å²) >= 11 is 0. The van der Waals surface area contributed by atoms with Crippen molar-refractivity contribution in [3.63, 3.8) is 0 Å². The third-order valence-corrected chi connectivity index (χ3v) is 9.58. The molecule has 0 radical (unpaired) electrons. The predicted octanol–water partition coefficient (Wildman–Crippen LogP) is 14.3. The molecule has 57 heavy (non-hydrogen) atoms. The summed E-state index contributed by atoms with van der Waals surface area (Å²) in [5, 5.41) is -3.53. The number of aromatic nitrogens is 3. The van der Waals surface area contributed by atoms with Crippen LogP contribution >= 0.6 is 0 Å². The van der Waals surface area contributed by atoms with Crippen molar-refractivity contribution >= 4 is 65.4 Å². The maximum atomic E-state index is 10.2. The molecule has 0 aliphatic carbocycles. The van der Waals surface area contributed by atoms with Crippen LogP contribution in [0.25, 0.3) is 105 Å². The van der Waals surface area contributed by atoms with Crippen LogP contribution in [0.15, 0.2) is 212 Å². The fourth-order valence-electron chi connectivity index (χ4n) is 7.29. The highest BCUT2D eigenvalue weighted by atomic mass is 15.0. The number of nitrogens with zero attached hydrogens (tertiary/aromatic N) is 3. The number of benzene rings is 9. The Labute approximate surface area is 374 Å². The molecule has 0 amide bonds. The average molecular weight is 758 g/mol. The molecule has 9 aromatic carbocycles. The van der Waals surface area contributed by atoms with Gasteiger partial charge in [-0.3, -0.25) is 0 Å². The molecule has 0 N–H and O–H groups in total. The van der Waals surface area contributed by atoms with Crippen molar-refractivity contribution < 1.29 is 43.9 Å². The van der Waals surface area contributed by atoms with Gasteiger partial charge in [0.2, 0.25) is 0 Å². The zero-order valence-corrected chi connectivity index (χ0v) is 28.6. The lowest BCUT2D eigenvalue weighted by Crippen LogP contribution is -1.98. The Balaban J connectivity index is 1.34. The molecule has 3 heteroatoms. The van der Waals surface area contributed by atoms with E-state index in [1.54, 1.807) is 0 Å². The van der Waals surface area contributed by atoms with E-state index in [0.717, 1.165) is 31.9 Å². The molecular weight excluding hydrogens is 691 g/mol. The van der Waals surface area contributed by atoms with Crippen molar-refractivity contribution in [2.24, 2.45) is 0 Å². The Bertz CT molecular complexity index is 5180. The second-order valence-corrected chi connectivity index (χ2v) is 12.6. The lowest BCUT2D eigenvalue weighted by Gasteiger charge is -2.15. The highest BCUT2D eigenvalue weighted by Crippen LogP contribution is 2.42. The van der Waals surface area contributed by atoms with Gasteiger partial charge < -0.3 is 13.7 Å². The van der Waals surface area contributed by atoms with Crippen molar-refractivity contribution in [3.8, 4) is 39.3 Å². The van der Waals surface area contributed by atoms with Crippen molar-refractivity contribution in [3.05, 3.63) is 212 Å². The van der Waals surface area contributed by atoms with Gasteiger partial charge >= 0.3 is 0 Å². The van der Waals surface area contributed by atoms with Gasteiger partial charge in [-0.25, -0.2) is 0 Å². The molecule has 0 saturated carbocycles. The van der Waals surface area contributed by atoms with Crippen LogP contribution in [0.3, 0.4) is 0 Å². The van der Waals surface area contributed by atoms with Gasteiger partial charge in [-0.1, -0.05) is 139 Å². The maximum absolute atomic E-state index is 10.2. The first-order valence-electron chi connectivity index (χ1n) is 33.0. The Morgan fingerprint density at radius 2 is 0.719 bits per heavy atom. The van der Waals surface area contributed by atoms with Crippen LogP contribution in [0.5, 0.6) is 0 Å². The number of hydrogen-bond acceptors (Lipinski definition) is 0. The molecule has 0 bridgehead atoms. The van der Waals surface area contributed by atoms with E-state index < -0.39 is 287 Å². The first-order chi connectivity index (χ1) is 41.6. The first-order valence-corrected chi connectivity index (χ1v) is 17.0. The van der Waals surface area contributed by atoms with E-state index in [1.807, 2.05) is 0 Å². The van der Waals surface area contributed by atoms with Crippen LogP contribution in [-0.2, 0) is 0 Å². The Morgan fingerprint density at radius 3 is 1.32 bits per heavy atom. The van der Waals surface area contributed by atoms with E-state index in [-0.39, 0.29) is 11.1 Å². The number of rotatable bonds is 5. The van der Waals surface area contributed by atoms with E-state index in [1.165, 1.54) is 0 Å². The minimum Gasteiger partial charge on any atom is -0.309 e. The molecule has 0 unspecified atom stereocenters. The van der Waals surface area contributed by atoms with Crippen LogP contribution in [-0.4, -0.2) is 13.7 Å². The summed E-state index contributed by atoms with van der Waals surface area (Å²) < 4.78 is 293. The zero-order valence-electron chi connectivity index (χ0n) is 60.6. The van der Waals surface area contributed by atoms with Crippen LogP contribution in [0.4, 0.5) is 0 Å². The van der Waals surface area contributed by atoms with Gasteiger partial charge in [0.1, 0.15) is 0 Å². The number of para-hydroxylation sites is 4. The highest BCUT2D eigenvalue weighted by Gasteiger charge is 2.21. The van der Waals surface area contributed by atoms with E-state index in [4.69, 9.17) is 30.2 Å². The molecule has 3 nitrogen and oxygen atoms in total. The molecule has 0 saturated heterocycles. The van der Waals surface area contributed by atoms with Gasteiger partial charge in [0.25, 0.3) is 0 Å². The van der Waals surface area contributed by atoms with Gasteiger partial charge in [0.05, 0.1) is 82.7 Å². The van der Waals surface area contributed by atoms with Gasteiger partial charge in [-0.15, -0.1) is 0 Å². The minimum absolute atomic E-state index is 0.333. The predicted molar refractivity (Wildman–Crippen MR) is 240 cm³/mol. The third-order valence-electron chi connectivity index (χ3n) is 9.58. The molecule has 0 atom stereocenters. The quantitative estimate of drug-likeness (QED) is 0.166. The highest BCUT2D eigenvalue weighted by molar-refractivity contribution is 6.17. The molecular formula is C54H35N3. The summed E-state index contributed by atoms with van der Waals surface area (Å²) in [6.07, 6.45) is 0. The van der Waals surface area contributed by atoms with Crippen molar-refractivity contribution in [2.75, 3.05) is 0 Å². The van der Waals surface area contributed by atoms with Crippen LogP contribution in [0.2, 0.25) is 0 Å². The summed E-state index contributed by atoms with van der Waals surface area (Å²) in [5.74, 6) is 0. The smallest absolute Gasteiger partial charge is 0.0652 e. The van der Waals surface area contributed by atoms with E-state index >= 15 is 0 Å². The Morgan fingerprint density at radius 1 is 0.281 bits per heavy atom. The second kappa shape index (κ2) is 12.5. The van der Waals surface area contributed by atoms with Crippen molar-refractivity contribution in [1.29, 1.82) is 0 Å². The Kier molecular flexibility index (Phi) is 2.96. The fraction of sp³-hybridized carbons (Fsp3) is 0. The molecule has 0 aliphatic rings. The Hall–Kier alpha value is -7.62. The van der Waals surface area contributed by atoms with Crippen LogP contribution in [0, 0.1) is 0 Å². The minimum atomic E-state index is -1.07. The largest absolute Gasteiger partial charge is 0.309 e. The zero-order chi connectivity index (χ0) is 65.3. The average Bonchev–Trinajstić information content (AvgIpc) is 1.53. The monoisotopic (exact) mass is 757 g/mol. The molecule has 0 aliphatic heterocycles. The van der Waals surface area contributed by atoms with Crippen LogP contribution < -0.4 is 0 Å². The number of fused-ring (bicyclic) bond motifs is 9. The standard InChI is InChI=1S/C54H35N3/c1-3-16-36(17-4-1)38-32-39(37-18-5-2-6-19-37)34-41(33-38)56-50-27-14-10-23-45(50)54-52(56)28-15-29-53(54)57-49-26-13-9-22-44(49)46-35-40(30-31-51(46)57)55-47-24-11-7-20-42(47)43-21-8-12-25-48(43)55/h1-35H/i1D,2D,3D,4D,5D,6D,7D,8D,9D,10D,11D,12D,13D,14D,15D,16D,17D,18D,19D,20D,21D,22D,23D,24D,25D,26D,27D,28D,29D,30D,31D,35D. The van der Waals surface area contributed by atoms with Gasteiger partial charge in [0, 0.05) is 43.7 Å². The normalized spacial score (nSPS) is 19.7. The second-order valence-electron chi connectivity index (χ2n) is 12.6. The molecule has 12 rings (SSSR count). The van der Waals surface area contributed by atoms with Gasteiger partial charge in [-0.2, -0.15) is 0 Å². The SMILES string of the molecule is [2H]c1c([2H])c([2H])c(-c2cc(-c3c([2H])c([2H])c([2H])c([2H])c3[2H])cc(-n3c4c([2H])c([2H])c([2H])c([2H])c4c4c(-n5c6c([2H])c([2H])c([2H])c([2H])c6c6c([2H])c(-n7c8c([2H])c([2H])c([2H])c([2H])c8c8c([2H])c([2H])c([2H])c([2H])c87)c([2H])c([2H])c65)c([2H])c([2H])c([2H])c43)c2)c([2H])c1[2H]. The molecule has 12 aromatic rings. The molecule has 0 spiro atoms. The van der Waals surface area contributed by atoms with Crippen LogP contribution in [0.1, 0.15) is 43.9 Å². The lowest BCUT2D eigenvalue weighted by atomic mass is 9.98. The van der Waals surface area contributed by atoms with Gasteiger partial charge in [0.15, 0.2) is 0 Å². The molecule has 0 fully saturated rings. The summed E-state index contributed by atoms with van der Waals surface area (Å²) in [7, 11) is 0. The van der Waals surface area contributed by atoms with Crippen molar-refractivity contribution in [2.45, 2.75) is 0 Å². The summed E-state index contributed by atoms with van der Waals surface area (Å²) in [6.45, 7) is 0. The lowest BCUT2D eigenvalue weighted by molar-refractivity contribution is 1.16. The van der Waals surface area contributed by atoms with E-state index in [0.29, 0.717) is 0 Å². The third kappa shape index (κ3) is 4.79. The molecule has 3 aromatic heterocycles. The summed E-state index contributed by atoms with van der Waals surface area (Å²) in [5.41, 5.74) is -7.63. The summed E-state index contributed by atoms with van der Waals surface area (Å²) in [4.78, 5) is 0. The fourth-order valence-corrected chi connectivity index (χ4v) is 7.29.